The molecule has 0 radical (unpaired) electrons. The summed E-state index contributed by atoms with van der Waals surface area (Å²) in [5.74, 6) is 2.26. The number of morpholine rings is 1. The number of benzene rings is 1. The van der Waals surface area contributed by atoms with Gasteiger partial charge in [0.2, 0.25) is 0 Å². The van der Waals surface area contributed by atoms with Crippen LogP contribution in [0.5, 0.6) is 11.5 Å². The number of imidazole rings is 1. The Morgan fingerprint density at radius 3 is 2.68 bits per heavy atom. The van der Waals surface area contributed by atoms with E-state index in [1.165, 1.54) is 0 Å². The van der Waals surface area contributed by atoms with Gasteiger partial charge in [0.25, 0.3) is 0 Å². The van der Waals surface area contributed by atoms with Gasteiger partial charge in [0.1, 0.15) is 0 Å². The highest BCUT2D eigenvalue weighted by Gasteiger charge is 2.20. The zero-order valence-electron chi connectivity index (χ0n) is 14.3. The fraction of sp³-hybridized carbons (Fsp3) is 0.333. The summed E-state index contributed by atoms with van der Waals surface area (Å²) in [6.45, 7) is 3.05. The van der Waals surface area contributed by atoms with Gasteiger partial charge in [0, 0.05) is 31.0 Å². The lowest BCUT2D eigenvalue weighted by Crippen LogP contribution is -2.37. The van der Waals surface area contributed by atoms with Crippen LogP contribution in [-0.4, -0.2) is 54.9 Å². The summed E-state index contributed by atoms with van der Waals surface area (Å²) in [4.78, 5) is 11.4. The fourth-order valence-electron chi connectivity index (χ4n) is 3.19. The van der Waals surface area contributed by atoms with E-state index in [1.54, 1.807) is 20.4 Å². The number of methoxy groups -OCH3 is 2. The number of aromatic nitrogens is 3. The minimum atomic E-state index is 0.691. The van der Waals surface area contributed by atoms with E-state index in [-0.39, 0.29) is 0 Å². The summed E-state index contributed by atoms with van der Waals surface area (Å²) < 4.78 is 18.5. The lowest BCUT2D eigenvalue weighted by molar-refractivity contribution is 0.122. The number of hydrogen-bond donors (Lipinski definition) is 0. The van der Waals surface area contributed by atoms with Gasteiger partial charge >= 0.3 is 0 Å². The first-order valence-corrected chi connectivity index (χ1v) is 8.19. The van der Waals surface area contributed by atoms with Crippen LogP contribution in [0.3, 0.4) is 0 Å². The van der Waals surface area contributed by atoms with Gasteiger partial charge in [-0.2, -0.15) is 0 Å². The van der Waals surface area contributed by atoms with Crippen molar-refractivity contribution in [2.24, 2.45) is 0 Å². The lowest BCUT2D eigenvalue weighted by Gasteiger charge is -2.27. The molecule has 3 aromatic rings. The Kier molecular flexibility index (Phi) is 4.15. The van der Waals surface area contributed by atoms with Crippen LogP contribution in [0.1, 0.15) is 0 Å². The van der Waals surface area contributed by atoms with E-state index in [2.05, 4.69) is 14.9 Å². The molecule has 130 valence electrons. The summed E-state index contributed by atoms with van der Waals surface area (Å²) in [7, 11) is 3.28. The van der Waals surface area contributed by atoms with Crippen LogP contribution in [0.2, 0.25) is 0 Å². The zero-order chi connectivity index (χ0) is 17.2. The summed E-state index contributed by atoms with van der Waals surface area (Å²) in [5.41, 5.74) is 2.68. The Morgan fingerprint density at radius 1 is 1.08 bits per heavy atom. The minimum absolute atomic E-state index is 0.691. The molecule has 0 N–H and O–H groups in total. The highest BCUT2D eigenvalue weighted by molar-refractivity contribution is 5.76. The third-order valence-corrected chi connectivity index (χ3v) is 4.40. The second-order valence-electron chi connectivity index (χ2n) is 5.73. The number of ether oxygens (including phenoxy) is 3. The molecule has 0 saturated carbocycles. The van der Waals surface area contributed by atoms with Crippen LogP contribution in [0.25, 0.3) is 16.9 Å². The third kappa shape index (κ3) is 2.66. The number of nitrogens with zero attached hydrogens (tertiary/aromatic N) is 4. The number of anilines is 1. The molecule has 1 aliphatic heterocycles. The number of fused-ring (bicyclic) bond motifs is 1. The first kappa shape index (κ1) is 15.7. The average Bonchev–Trinajstić information content (AvgIpc) is 3.12. The summed E-state index contributed by atoms with van der Waals surface area (Å²) in [6, 6.07) is 5.83. The van der Waals surface area contributed by atoms with Gasteiger partial charge in [0.15, 0.2) is 23.0 Å². The summed E-state index contributed by atoms with van der Waals surface area (Å²) in [5, 5.41) is 0. The van der Waals surface area contributed by atoms with Crippen molar-refractivity contribution in [1.29, 1.82) is 0 Å². The molecule has 1 aliphatic rings. The quantitative estimate of drug-likeness (QED) is 0.726. The van der Waals surface area contributed by atoms with Crippen molar-refractivity contribution in [2.45, 2.75) is 0 Å². The Hall–Kier alpha value is -2.80. The van der Waals surface area contributed by atoms with Crippen molar-refractivity contribution in [1.82, 2.24) is 14.4 Å². The maximum atomic E-state index is 5.58. The van der Waals surface area contributed by atoms with Crippen LogP contribution >= 0.6 is 0 Å². The number of rotatable bonds is 4. The van der Waals surface area contributed by atoms with Gasteiger partial charge in [-0.3, -0.25) is 4.40 Å². The molecular formula is C18H20N4O3. The van der Waals surface area contributed by atoms with E-state index in [4.69, 9.17) is 14.2 Å². The Balaban J connectivity index is 1.85. The zero-order valence-corrected chi connectivity index (χ0v) is 14.3. The Bertz CT molecular complexity index is 887. The smallest absolute Gasteiger partial charge is 0.180 e. The number of hydrogen-bond acceptors (Lipinski definition) is 6. The minimum Gasteiger partial charge on any atom is -0.493 e. The molecule has 0 amide bonds. The fourth-order valence-corrected chi connectivity index (χ4v) is 3.19. The first-order chi connectivity index (χ1) is 12.3. The van der Waals surface area contributed by atoms with Crippen LogP contribution in [0, 0.1) is 0 Å². The van der Waals surface area contributed by atoms with Crippen molar-refractivity contribution >= 4 is 11.5 Å². The van der Waals surface area contributed by atoms with Crippen LogP contribution < -0.4 is 14.4 Å². The molecule has 0 bridgehead atoms. The number of para-hydroxylation sites is 1. The van der Waals surface area contributed by atoms with E-state index in [0.717, 1.165) is 35.8 Å². The molecular weight excluding hydrogens is 320 g/mol. The molecule has 1 saturated heterocycles. The highest BCUT2D eigenvalue weighted by Crippen LogP contribution is 2.38. The van der Waals surface area contributed by atoms with E-state index in [0.29, 0.717) is 24.7 Å². The maximum Gasteiger partial charge on any atom is 0.180 e. The second-order valence-corrected chi connectivity index (χ2v) is 5.73. The average molecular weight is 340 g/mol. The van der Waals surface area contributed by atoms with Gasteiger partial charge < -0.3 is 19.1 Å². The predicted molar refractivity (Wildman–Crippen MR) is 94.6 cm³/mol. The van der Waals surface area contributed by atoms with Gasteiger partial charge in [-0.05, 0) is 12.1 Å². The summed E-state index contributed by atoms with van der Waals surface area (Å²) in [6.07, 6.45) is 5.56. The monoisotopic (exact) mass is 340 g/mol. The Morgan fingerprint density at radius 2 is 1.92 bits per heavy atom. The van der Waals surface area contributed by atoms with Gasteiger partial charge in [-0.1, -0.05) is 6.07 Å². The molecule has 0 spiro atoms. The van der Waals surface area contributed by atoms with Crippen molar-refractivity contribution in [2.75, 3.05) is 45.4 Å². The van der Waals surface area contributed by atoms with Gasteiger partial charge in [-0.15, -0.1) is 0 Å². The second kappa shape index (κ2) is 6.60. The van der Waals surface area contributed by atoms with E-state index >= 15 is 0 Å². The van der Waals surface area contributed by atoms with Crippen molar-refractivity contribution in [3.8, 4) is 22.8 Å². The maximum absolute atomic E-state index is 5.58. The molecule has 1 fully saturated rings. The molecule has 4 rings (SSSR count). The SMILES string of the molecule is COc1cccc(-c2cnc3c(N4CCOCC4)nccn23)c1OC. The van der Waals surface area contributed by atoms with Crippen molar-refractivity contribution in [3.63, 3.8) is 0 Å². The van der Waals surface area contributed by atoms with Crippen LogP contribution in [0.4, 0.5) is 5.82 Å². The van der Waals surface area contributed by atoms with Crippen molar-refractivity contribution < 1.29 is 14.2 Å². The Labute approximate surface area is 145 Å². The van der Waals surface area contributed by atoms with Gasteiger partial charge in [0.05, 0.1) is 39.3 Å². The third-order valence-electron chi connectivity index (χ3n) is 4.40. The topological polar surface area (TPSA) is 61.1 Å². The van der Waals surface area contributed by atoms with E-state index in [9.17, 15) is 0 Å². The van der Waals surface area contributed by atoms with Gasteiger partial charge in [-0.25, -0.2) is 9.97 Å². The van der Waals surface area contributed by atoms with Crippen LogP contribution in [-0.2, 0) is 4.74 Å². The largest absolute Gasteiger partial charge is 0.493 e. The molecule has 3 heterocycles. The van der Waals surface area contributed by atoms with Crippen LogP contribution in [0.15, 0.2) is 36.8 Å². The van der Waals surface area contributed by atoms with Crippen molar-refractivity contribution in [3.05, 3.63) is 36.8 Å². The molecule has 0 aliphatic carbocycles. The first-order valence-electron chi connectivity index (χ1n) is 8.19. The molecule has 0 atom stereocenters. The molecule has 25 heavy (non-hydrogen) atoms. The molecule has 7 heteroatoms. The molecule has 2 aromatic heterocycles. The standard InChI is InChI=1S/C18H20N4O3/c1-23-15-5-3-4-13(16(15)24-2)14-12-20-18-17(19-6-7-22(14)18)21-8-10-25-11-9-21/h3-7,12H,8-11H2,1-2H3. The molecule has 0 unspecified atom stereocenters. The predicted octanol–water partition coefficient (Wildman–Crippen LogP) is 2.25. The van der Waals surface area contributed by atoms with E-state index in [1.807, 2.05) is 35.0 Å². The molecule has 7 nitrogen and oxygen atoms in total. The van der Waals surface area contributed by atoms with E-state index < -0.39 is 0 Å². The lowest BCUT2D eigenvalue weighted by atomic mass is 10.1. The highest BCUT2D eigenvalue weighted by atomic mass is 16.5. The summed E-state index contributed by atoms with van der Waals surface area (Å²) >= 11 is 0. The normalized spacial score (nSPS) is 14.7. The molecule has 1 aromatic carbocycles.